The van der Waals surface area contributed by atoms with Crippen LogP contribution in [0.2, 0.25) is 0 Å². The fourth-order valence-electron chi connectivity index (χ4n) is 2.84. The average molecular weight is 382 g/mol. The minimum Gasteiger partial charge on any atom is -0.484 e. The van der Waals surface area contributed by atoms with Crippen LogP contribution in [0.4, 0.5) is 0 Å². The van der Waals surface area contributed by atoms with Gasteiger partial charge in [-0.05, 0) is 43.0 Å². The van der Waals surface area contributed by atoms with E-state index >= 15 is 0 Å². The standard InChI is InChI=1S/C18H26N2O5S/c1-3-17(21)15-4-6-16(7-5-15)25-13-18(22)19-12-14-8-10-20(11-9-14)26(2,23)24/h4-7,14H,3,8-13H2,1-2H3,(H,19,22). The summed E-state index contributed by atoms with van der Waals surface area (Å²) in [6.07, 6.45) is 3.14. The monoisotopic (exact) mass is 382 g/mol. The summed E-state index contributed by atoms with van der Waals surface area (Å²) in [5.74, 6) is 0.658. The number of carbonyl (C=O) groups is 2. The van der Waals surface area contributed by atoms with Gasteiger partial charge < -0.3 is 10.1 Å². The van der Waals surface area contributed by atoms with Gasteiger partial charge in [0.15, 0.2) is 12.4 Å². The zero-order valence-corrected chi connectivity index (χ0v) is 16.0. The van der Waals surface area contributed by atoms with Gasteiger partial charge in [-0.15, -0.1) is 0 Å². The number of hydrogen-bond acceptors (Lipinski definition) is 5. The van der Waals surface area contributed by atoms with Gasteiger partial charge >= 0.3 is 0 Å². The van der Waals surface area contributed by atoms with E-state index < -0.39 is 10.0 Å². The van der Waals surface area contributed by atoms with Crippen LogP contribution in [0.5, 0.6) is 5.75 Å². The van der Waals surface area contributed by atoms with Crippen molar-refractivity contribution < 1.29 is 22.7 Å². The van der Waals surface area contributed by atoms with Gasteiger partial charge in [0.05, 0.1) is 6.26 Å². The van der Waals surface area contributed by atoms with Crippen molar-refractivity contribution in [1.29, 1.82) is 0 Å². The van der Waals surface area contributed by atoms with Crippen LogP contribution in [0.3, 0.4) is 0 Å². The van der Waals surface area contributed by atoms with Gasteiger partial charge in [-0.3, -0.25) is 9.59 Å². The first-order chi connectivity index (χ1) is 12.3. The molecule has 8 heteroatoms. The van der Waals surface area contributed by atoms with Crippen LogP contribution in [-0.2, 0) is 14.8 Å². The molecule has 0 aromatic heterocycles. The Bertz CT molecular complexity index is 722. The summed E-state index contributed by atoms with van der Waals surface area (Å²) in [4.78, 5) is 23.5. The molecule has 1 aromatic rings. The summed E-state index contributed by atoms with van der Waals surface area (Å²) in [5.41, 5.74) is 0.629. The van der Waals surface area contributed by atoms with E-state index in [1.54, 1.807) is 24.3 Å². The zero-order valence-electron chi connectivity index (χ0n) is 15.2. The molecule has 2 rings (SSSR count). The molecule has 1 saturated heterocycles. The number of nitrogens with one attached hydrogen (secondary N) is 1. The highest BCUT2D eigenvalue weighted by molar-refractivity contribution is 7.88. The van der Waals surface area contributed by atoms with Crippen molar-refractivity contribution in [1.82, 2.24) is 9.62 Å². The highest BCUT2D eigenvalue weighted by Gasteiger charge is 2.24. The normalized spacial score (nSPS) is 16.2. The fourth-order valence-corrected chi connectivity index (χ4v) is 3.72. The van der Waals surface area contributed by atoms with Gasteiger partial charge in [-0.25, -0.2) is 12.7 Å². The van der Waals surface area contributed by atoms with Gasteiger partial charge in [0, 0.05) is 31.6 Å². The van der Waals surface area contributed by atoms with Gasteiger partial charge in [0.25, 0.3) is 5.91 Å². The average Bonchev–Trinajstić information content (AvgIpc) is 2.64. The smallest absolute Gasteiger partial charge is 0.257 e. The maximum absolute atomic E-state index is 11.9. The number of carbonyl (C=O) groups excluding carboxylic acids is 2. The molecule has 7 nitrogen and oxygen atoms in total. The predicted molar refractivity (Wildman–Crippen MR) is 98.7 cm³/mol. The molecule has 0 unspecified atom stereocenters. The molecule has 0 bridgehead atoms. The second-order valence-electron chi connectivity index (χ2n) is 6.50. The van der Waals surface area contributed by atoms with E-state index in [4.69, 9.17) is 4.74 Å². The van der Waals surface area contributed by atoms with Crippen LogP contribution < -0.4 is 10.1 Å². The molecule has 26 heavy (non-hydrogen) atoms. The summed E-state index contributed by atoms with van der Waals surface area (Å²) >= 11 is 0. The van der Waals surface area contributed by atoms with Gasteiger partial charge in [-0.2, -0.15) is 0 Å². The van der Waals surface area contributed by atoms with Gasteiger partial charge in [0.2, 0.25) is 10.0 Å². The SMILES string of the molecule is CCC(=O)c1ccc(OCC(=O)NCC2CCN(S(C)(=O)=O)CC2)cc1. The number of hydrogen-bond donors (Lipinski definition) is 1. The maximum atomic E-state index is 11.9. The number of sulfonamides is 1. The molecule has 0 atom stereocenters. The molecule has 1 amide bonds. The first-order valence-corrected chi connectivity index (χ1v) is 10.6. The maximum Gasteiger partial charge on any atom is 0.257 e. The van der Waals surface area contributed by atoms with Crippen molar-refractivity contribution in [3.05, 3.63) is 29.8 Å². The first-order valence-electron chi connectivity index (χ1n) is 8.77. The van der Waals surface area contributed by atoms with Crippen molar-refractivity contribution in [2.75, 3.05) is 32.5 Å². The molecule has 1 heterocycles. The lowest BCUT2D eigenvalue weighted by atomic mass is 9.98. The topological polar surface area (TPSA) is 92.8 Å². The minimum atomic E-state index is -3.13. The summed E-state index contributed by atoms with van der Waals surface area (Å²) < 4.78 is 29.9. The highest BCUT2D eigenvalue weighted by atomic mass is 32.2. The Morgan fingerprint density at radius 3 is 2.35 bits per heavy atom. The molecular formula is C18H26N2O5S. The Morgan fingerprint density at radius 1 is 1.19 bits per heavy atom. The number of amides is 1. The molecule has 1 aromatic carbocycles. The Morgan fingerprint density at radius 2 is 1.81 bits per heavy atom. The second kappa shape index (κ2) is 9.14. The summed E-state index contributed by atoms with van der Waals surface area (Å²) in [7, 11) is -3.13. The summed E-state index contributed by atoms with van der Waals surface area (Å²) in [5, 5.41) is 2.83. The molecule has 0 aliphatic carbocycles. The molecule has 0 spiro atoms. The van der Waals surface area contributed by atoms with E-state index in [1.165, 1.54) is 10.6 Å². The molecule has 0 saturated carbocycles. The largest absolute Gasteiger partial charge is 0.484 e. The number of ketones is 1. The Labute approximate surface area is 154 Å². The van der Waals surface area contributed by atoms with E-state index in [0.29, 0.717) is 37.4 Å². The number of piperidine rings is 1. The third-order valence-corrected chi connectivity index (χ3v) is 5.80. The van der Waals surface area contributed by atoms with Crippen molar-refractivity contribution in [3.63, 3.8) is 0 Å². The third kappa shape index (κ3) is 6.10. The van der Waals surface area contributed by atoms with Crippen molar-refractivity contribution in [3.8, 4) is 5.75 Å². The van der Waals surface area contributed by atoms with Crippen LogP contribution in [-0.4, -0.2) is 56.9 Å². The van der Waals surface area contributed by atoms with Gasteiger partial charge in [0.1, 0.15) is 5.75 Å². The van der Waals surface area contributed by atoms with Crippen molar-refractivity contribution in [2.24, 2.45) is 5.92 Å². The molecule has 1 N–H and O–H groups in total. The van der Waals surface area contributed by atoms with Crippen LogP contribution in [0.15, 0.2) is 24.3 Å². The van der Waals surface area contributed by atoms with Crippen molar-refractivity contribution in [2.45, 2.75) is 26.2 Å². The second-order valence-corrected chi connectivity index (χ2v) is 8.48. The van der Waals surface area contributed by atoms with Gasteiger partial charge in [-0.1, -0.05) is 6.92 Å². The molecule has 1 aliphatic rings. The lowest BCUT2D eigenvalue weighted by Gasteiger charge is -2.30. The molecule has 144 valence electrons. The van der Waals surface area contributed by atoms with E-state index in [0.717, 1.165) is 12.8 Å². The number of ether oxygens (including phenoxy) is 1. The van der Waals surface area contributed by atoms with Crippen LogP contribution >= 0.6 is 0 Å². The van der Waals surface area contributed by atoms with Crippen LogP contribution in [0.1, 0.15) is 36.5 Å². The molecule has 1 aliphatic heterocycles. The number of nitrogens with zero attached hydrogens (tertiary/aromatic N) is 1. The van der Waals surface area contributed by atoms with Crippen molar-refractivity contribution >= 4 is 21.7 Å². The zero-order chi connectivity index (χ0) is 19.2. The summed E-state index contributed by atoms with van der Waals surface area (Å²) in [6, 6.07) is 6.73. The van der Waals surface area contributed by atoms with E-state index in [-0.39, 0.29) is 24.2 Å². The highest BCUT2D eigenvalue weighted by Crippen LogP contribution is 2.18. The summed E-state index contributed by atoms with van der Waals surface area (Å²) in [6.45, 7) is 3.23. The quantitative estimate of drug-likeness (QED) is 0.687. The number of rotatable bonds is 8. The third-order valence-electron chi connectivity index (χ3n) is 4.50. The van der Waals surface area contributed by atoms with Crippen LogP contribution in [0.25, 0.3) is 0 Å². The lowest BCUT2D eigenvalue weighted by Crippen LogP contribution is -2.41. The Balaban J connectivity index is 1.69. The predicted octanol–water partition coefficient (Wildman–Crippen LogP) is 1.45. The lowest BCUT2D eigenvalue weighted by molar-refractivity contribution is -0.123. The van der Waals surface area contributed by atoms with E-state index in [1.807, 2.05) is 6.92 Å². The molecular weight excluding hydrogens is 356 g/mol. The first kappa shape index (κ1) is 20.4. The number of benzene rings is 1. The Kier molecular flexibility index (Phi) is 7.16. The van der Waals surface area contributed by atoms with Crippen LogP contribution in [0, 0.1) is 5.92 Å². The van der Waals surface area contributed by atoms with E-state index in [2.05, 4.69) is 5.32 Å². The Hall–Kier alpha value is -1.93. The molecule has 1 fully saturated rings. The van der Waals surface area contributed by atoms with E-state index in [9.17, 15) is 18.0 Å². The number of Topliss-reactive ketones (excluding diaryl/α,β-unsaturated/α-hetero) is 1. The molecule has 0 radical (unpaired) electrons. The fraction of sp³-hybridized carbons (Fsp3) is 0.556. The minimum absolute atomic E-state index is 0.0659.